The van der Waals surface area contributed by atoms with E-state index in [0.717, 1.165) is 11.3 Å². The number of anilines is 1. The fourth-order valence-corrected chi connectivity index (χ4v) is 2.29. The normalized spacial score (nSPS) is 10.3. The van der Waals surface area contributed by atoms with Gasteiger partial charge in [0.15, 0.2) is 0 Å². The molecule has 0 saturated heterocycles. The maximum absolute atomic E-state index is 12.0. The number of amides is 2. The molecule has 8 nitrogen and oxygen atoms in total. The van der Waals surface area contributed by atoms with E-state index in [1.807, 2.05) is 18.2 Å². The van der Waals surface area contributed by atoms with Crippen LogP contribution in [-0.4, -0.2) is 35.6 Å². The summed E-state index contributed by atoms with van der Waals surface area (Å²) in [6.07, 6.45) is -0.109. The monoisotopic (exact) mass is 366 g/mol. The number of ether oxygens (including phenoxy) is 1. The Morgan fingerprint density at radius 1 is 1.04 bits per heavy atom. The van der Waals surface area contributed by atoms with Gasteiger partial charge in [-0.1, -0.05) is 23.4 Å². The lowest BCUT2D eigenvalue weighted by atomic mass is 10.2. The number of nitrogens with zero attached hydrogens (tertiary/aromatic N) is 2. The van der Waals surface area contributed by atoms with Gasteiger partial charge in [0.25, 0.3) is 0 Å². The molecule has 2 aromatic carbocycles. The number of nitrogens with one attached hydrogen (secondary N) is 2. The highest BCUT2D eigenvalue weighted by atomic mass is 16.5. The minimum absolute atomic E-state index is 0.109. The third-order valence-electron chi connectivity index (χ3n) is 3.63. The fourth-order valence-electron chi connectivity index (χ4n) is 2.29. The molecular formula is C19H18N4O4. The zero-order chi connectivity index (χ0) is 19.1. The van der Waals surface area contributed by atoms with Crippen LogP contribution in [0.1, 0.15) is 5.89 Å². The van der Waals surface area contributed by atoms with Crippen molar-refractivity contribution in [3.8, 4) is 17.1 Å². The van der Waals surface area contributed by atoms with Crippen LogP contribution in [0, 0.1) is 0 Å². The van der Waals surface area contributed by atoms with Crippen LogP contribution in [0.5, 0.6) is 5.75 Å². The summed E-state index contributed by atoms with van der Waals surface area (Å²) in [5.74, 6) is 0.557. The first-order valence-corrected chi connectivity index (χ1v) is 8.22. The first-order chi connectivity index (χ1) is 13.1. The molecule has 0 aliphatic rings. The van der Waals surface area contributed by atoms with Crippen molar-refractivity contribution in [1.29, 1.82) is 0 Å². The number of carbonyl (C=O) groups is 2. The molecule has 3 aromatic rings. The summed E-state index contributed by atoms with van der Waals surface area (Å²) in [6.45, 7) is -0.146. The summed E-state index contributed by atoms with van der Waals surface area (Å²) in [7, 11) is 1.58. The zero-order valence-electron chi connectivity index (χ0n) is 14.6. The predicted molar refractivity (Wildman–Crippen MR) is 98.1 cm³/mol. The summed E-state index contributed by atoms with van der Waals surface area (Å²) in [4.78, 5) is 28.0. The van der Waals surface area contributed by atoms with E-state index in [9.17, 15) is 9.59 Å². The Bertz CT molecular complexity index is 907. The van der Waals surface area contributed by atoms with Crippen LogP contribution in [0.25, 0.3) is 11.4 Å². The van der Waals surface area contributed by atoms with Crippen molar-refractivity contribution in [3.05, 3.63) is 60.5 Å². The molecule has 0 bridgehead atoms. The topological polar surface area (TPSA) is 106 Å². The maximum atomic E-state index is 12.0. The van der Waals surface area contributed by atoms with Crippen molar-refractivity contribution in [2.24, 2.45) is 0 Å². The van der Waals surface area contributed by atoms with Gasteiger partial charge in [-0.05, 0) is 36.4 Å². The van der Waals surface area contributed by atoms with Crippen molar-refractivity contribution in [1.82, 2.24) is 15.5 Å². The molecule has 0 spiro atoms. The molecule has 2 N–H and O–H groups in total. The molecule has 0 radical (unpaired) electrons. The third kappa shape index (κ3) is 5.15. The molecule has 27 heavy (non-hydrogen) atoms. The number of aromatic nitrogens is 2. The molecule has 0 fully saturated rings. The van der Waals surface area contributed by atoms with Gasteiger partial charge in [-0.15, -0.1) is 0 Å². The van der Waals surface area contributed by atoms with Crippen molar-refractivity contribution in [3.63, 3.8) is 0 Å². The molecular weight excluding hydrogens is 348 g/mol. The van der Waals surface area contributed by atoms with E-state index in [2.05, 4.69) is 20.8 Å². The second-order valence-corrected chi connectivity index (χ2v) is 5.61. The number of carbonyl (C=O) groups excluding carboxylic acids is 2. The lowest BCUT2D eigenvalue weighted by Gasteiger charge is -2.05. The number of rotatable bonds is 7. The smallest absolute Gasteiger partial charge is 0.243 e. The van der Waals surface area contributed by atoms with Crippen LogP contribution in [0.15, 0.2) is 59.1 Å². The zero-order valence-corrected chi connectivity index (χ0v) is 14.6. The van der Waals surface area contributed by atoms with E-state index in [1.165, 1.54) is 0 Å². The lowest BCUT2D eigenvalue weighted by Crippen LogP contribution is -2.33. The van der Waals surface area contributed by atoms with E-state index in [0.29, 0.717) is 11.5 Å². The van der Waals surface area contributed by atoms with Crippen LogP contribution < -0.4 is 15.4 Å². The lowest BCUT2D eigenvalue weighted by molar-refractivity contribution is -0.124. The first-order valence-electron chi connectivity index (χ1n) is 8.22. The van der Waals surface area contributed by atoms with Crippen molar-refractivity contribution < 1.29 is 18.8 Å². The van der Waals surface area contributed by atoms with Gasteiger partial charge >= 0.3 is 0 Å². The van der Waals surface area contributed by atoms with Gasteiger partial charge in [-0.25, -0.2) is 0 Å². The van der Waals surface area contributed by atoms with Gasteiger partial charge in [0, 0.05) is 11.3 Å². The van der Waals surface area contributed by atoms with Crippen molar-refractivity contribution in [2.75, 3.05) is 19.0 Å². The van der Waals surface area contributed by atoms with Crippen LogP contribution in [-0.2, 0) is 16.0 Å². The molecule has 1 aromatic heterocycles. The highest BCUT2D eigenvalue weighted by molar-refractivity contribution is 5.94. The summed E-state index contributed by atoms with van der Waals surface area (Å²) in [5, 5.41) is 9.06. The number of hydrogen-bond donors (Lipinski definition) is 2. The highest BCUT2D eigenvalue weighted by Gasteiger charge is 2.13. The molecule has 0 atom stereocenters. The third-order valence-corrected chi connectivity index (χ3v) is 3.63. The van der Waals surface area contributed by atoms with Crippen LogP contribution in [0.4, 0.5) is 5.69 Å². The van der Waals surface area contributed by atoms with E-state index < -0.39 is 0 Å². The maximum Gasteiger partial charge on any atom is 0.243 e. The Hall–Kier alpha value is -3.68. The Balaban J connectivity index is 1.49. The second kappa shape index (κ2) is 8.61. The predicted octanol–water partition coefficient (Wildman–Crippen LogP) is 2.04. The van der Waals surface area contributed by atoms with Gasteiger partial charge in [0.1, 0.15) is 12.2 Å². The van der Waals surface area contributed by atoms with Crippen molar-refractivity contribution >= 4 is 17.5 Å². The standard InChI is InChI=1S/C19H18N4O4/c1-26-15-9-7-13(8-10-15)19-22-18(27-23-19)11-16(24)20-12-17(25)21-14-5-3-2-4-6-14/h2-10H,11-12H2,1H3,(H,20,24)(H,21,25). The second-order valence-electron chi connectivity index (χ2n) is 5.61. The first kappa shape index (κ1) is 18.1. The quantitative estimate of drug-likeness (QED) is 0.663. The van der Waals surface area contributed by atoms with Gasteiger partial charge < -0.3 is 19.9 Å². The van der Waals surface area contributed by atoms with E-state index in [4.69, 9.17) is 9.26 Å². The molecule has 8 heteroatoms. The van der Waals surface area contributed by atoms with Gasteiger partial charge in [-0.2, -0.15) is 4.98 Å². The van der Waals surface area contributed by atoms with Gasteiger partial charge in [-0.3, -0.25) is 9.59 Å². The minimum atomic E-state index is -0.386. The average Bonchev–Trinajstić information content (AvgIpc) is 3.15. The Morgan fingerprint density at radius 2 is 1.78 bits per heavy atom. The van der Waals surface area contributed by atoms with Crippen LogP contribution in [0.3, 0.4) is 0 Å². The number of hydrogen-bond acceptors (Lipinski definition) is 6. The van der Waals surface area contributed by atoms with Gasteiger partial charge in [0.05, 0.1) is 13.7 Å². The summed E-state index contributed by atoms with van der Waals surface area (Å²) >= 11 is 0. The number of para-hydroxylation sites is 1. The largest absolute Gasteiger partial charge is 0.497 e. The summed E-state index contributed by atoms with van der Waals surface area (Å²) < 4.78 is 10.2. The number of benzene rings is 2. The molecule has 138 valence electrons. The molecule has 1 heterocycles. The summed E-state index contributed by atoms with van der Waals surface area (Å²) in [6, 6.07) is 16.1. The molecule has 3 rings (SSSR count). The fraction of sp³-hybridized carbons (Fsp3) is 0.158. The molecule has 2 amide bonds. The minimum Gasteiger partial charge on any atom is -0.497 e. The molecule has 0 aliphatic carbocycles. The van der Waals surface area contributed by atoms with Crippen LogP contribution in [0.2, 0.25) is 0 Å². The Morgan fingerprint density at radius 3 is 2.48 bits per heavy atom. The van der Waals surface area contributed by atoms with E-state index in [-0.39, 0.29) is 30.7 Å². The van der Waals surface area contributed by atoms with E-state index >= 15 is 0 Å². The average molecular weight is 366 g/mol. The van der Waals surface area contributed by atoms with Crippen molar-refractivity contribution in [2.45, 2.75) is 6.42 Å². The Kier molecular flexibility index (Phi) is 5.78. The Labute approximate surface area is 155 Å². The summed E-state index contributed by atoms with van der Waals surface area (Å²) in [5.41, 5.74) is 1.41. The molecule has 0 unspecified atom stereocenters. The molecule has 0 aliphatic heterocycles. The van der Waals surface area contributed by atoms with Gasteiger partial charge in [0.2, 0.25) is 23.5 Å². The SMILES string of the molecule is COc1ccc(-c2noc(CC(=O)NCC(=O)Nc3ccccc3)n2)cc1. The van der Waals surface area contributed by atoms with E-state index in [1.54, 1.807) is 43.5 Å². The highest BCUT2D eigenvalue weighted by Crippen LogP contribution is 2.19. The van der Waals surface area contributed by atoms with Crippen LogP contribution >= 0.6 is 0 Å². The molecule has 0 saturated carbocycles. The number of methoxy groups -OCH3 is 1.